The van der Waals surface area contributed by atoms with Crippen LogP contribution in [0.5, 0.6) is 0 Å². The number of nitrogens with two attached hydrogens (primary N) is 1. The van der Waals surface area contributed by atoms with E-state index in [9.17, 15) is 13.2 Å². The van der Waals surface area contributed by atoms with Gasteiger partial charge in [-0.05, 0) is 11.6 Å². The summed E-state index contributed by atoms with van der Waals surface area (Å²) in [6, 6.07) is 10.3. The van der Waals surface area contributed by atoms with Crippen LogP contribution in [0.15, 0.2) is 42.6 Å². The fraction of sp³-hybridized carbons (Fsp3) is 0.143. The summed E-state index contributed by atoms with van der Waals surface area (Å²) in [6.45, 7) is 0. The van der Waals surface area contributed by atoms with E-state index in [2.05, 4.69) is 10.1 Å². The SMILES string of the molecule is Nc1cc(C(F)(F)F)cn2nc(Cc3ccccc3)nc12. The van der Waals surface area contributed by atoms with Gasteiger partial charge in [0, 0.05) is 12.6 Å². The highest BCUT2D eigenvalue weighted by Crippen LogP contribution is 2.31. The molecule has 1 aromatic carbocycles. The maximum atomic E-state index is 12.7. The van der Waals surface area contributed by atoms with E-state index in [1.54, 1.807) is 0 Å². The number of fused-ring (bicyclic) bond motifs is 1. The molecule has 4 nitrogen and oxygen atoms in total. The molecule has 0 aliphatic carbocycles. The highest BCUT2D eigenvalue weighted by Gasteiger charge is 2.32. The number of nitrogen functional groups attached to an aromatic ring is 1. The van der Waals surface area contributed by atoms with Gasteiger partial charge in [-0.25, -0.2) is 9.50 Å². The first kappa shape index (κ1) is 13.4. The fourth-order valence-corrected chi connectivity index (χ4v) is 2.06. The van der Waals surface area contributed by atoms with Gasteiger partial charge < -0.3 is 5.73 Å². The molecular weight excluding hydrogens is 281 g/mol. The average molecular weight is 292 g/mol. The number of aromatic nitrogens is 3. The highest BCUT2D eigenvalue weighted by atomic mass is 19.4. The van der Waals surface area contributed by atoms with Crippen molar-refractivity contribution < 1.29 is 13.2 Å². The van der Waals surface area contributed by atoms with Gasteiger partial charge in [0.2, 0.25) is 0 Å². The third-order valence-electron chi connectivity index (χ3n) is 3.04. The summed E-state index contributed by atoms with van der Waals surface area (Å²) in [5.74, 6) is 0.423. The van der Waals surface area contributed by atoms with Gasteiger partial charge in [0.25, 0.3) is 0 Å². The topological polar surface area (TPSA) is 56.2 Å². The molecule has 2 N–H and O–H groups in total. The fourth-order valence-electron chi connectivity index (χ4n) is 2.06. The van der Waals surface area contributed by atoms with E-state index in [4.69, 9.17) is 5.73 Å². The molecular formula is C14H11F3N4. The van der Waals surface area contributed by atoms with Gasteiger partial charge in [-0.1, -0.05) is 30.3 Å². The molecule has 0 unspecified atom stereocenters. The lowest BCUT2D eigenvalue weighted by atomic mass is 10.1. The Bertz CT molecular complexity index is 778. The normalized spacial score (nSPS) is 12.0. The summed E-state index contributed by atoms with van der Waals surface area (Å²) in [7, 11) is 0. The number of alkyl halides is 3. The number of pyridine rings is 1. The minimum Gasteiger partial charge on any atom is -0.396 e. The van der Waals surface area contributed by atoms with E-state index in [0.29, 0.717) is 12.2 Å². The van der Waals surface area contributed by atoms with Gasteiger partial charge in [0.15, 0.2) is 11.5 Å². The zero-order chi connectivity index (χ0) is 15.0. The number of benzene rings is 1. The second-order valence-corrected chi connectivity index (χ2v) is 4.64. The summed E-state index contributed by atoms with van der Waals surface area (Å²) in [6.07, 6.45) is -3.13. The Hall–Kier alpha value is -2.57. The molecule has 0 saturated heterocycles. The summed E-state index contributed by atoms with van der Waals surface area (Å²) >= 11 is 0. The smallest absolute Gasteiger partial charge is 0.396 e. The summed E-state index contributed by atoms with van der Waals surface area (Å²) in [5, 5.41) is 4.07. The number of halogens is 3. The second kappa shape index (κ2) is 4.76. The standard InChI is InChI=1S/C14H11F3N4/c15-14(16,17)10-7-11(18)13-19-12(20-21(13)8-10)6-9-4-2-1-3-5-9/h1-5,7-8H,6,18H2. The maximum absolute atomic E-state index is 12.7. The zero-order valence-electron chi connectivity index (χ0n) is 10.8. The molecule has 0 fully saturated rings. The van der Waals surface area contributed by atoms with Crippen LogP contribution in [-0.2, 0) is 12.6 Å². The zero-order valence-corrected chi connectivity index (χ0v) is 10.8. The third-order valence-corrected chi connectivity index (χ3v) is 3.04. The van der Waals surface area contributed by atoms with Crippen LogP contribution in [-0.4, -0.2) is 14.6 Å². The van der Waals surface area contributed by atoms with Crippen molar-refractivity contribution in [1.82, 2.24) is 14.6 Å². The molecule has 0 amide bonds. The van der Waals surface area contributed by atoms with Gasteiger partial charge in [0.1, 0.15) is 0 Å². The Morgan fingerprint density at radius 1 is 1.14 bits per heavy atom. The van der Waals surface area contributed by atoms with Crippen molar-refractivity contribution in [2.45, 2.75) is 12.6 Å². The highest BCUT2D eigenvalue weighted by molar-refractivity contribution is 5.65. The molecule has 3 rings (SSSR count). The predicted octanol–water partition coefficient (Wildman–Crippen LogP) is 2.92. The minimum absolute atomic E-state index is 0.0448. The Kier molecular flexibility index (Phi) is 3.04. The lowest BCUT2D eigenvalue weighted by molar-refractivity contribution is -0.137. The van der Waals surface area contributed by atoms with E-state index in [1.165, 1.54) is 0 Å². The van der Waals surface area contributed by atoms with E-state index in [-0.39, 0.29) is 11.3 Å². The molecule has 3 aromatic rings. The number of hydrogen-bond acceptors (Lipinski definition) is 3. The van der Waals surface area contributed by atoms with Crippen LogP contribution in [0.2, 0.25) is 0 Å². The van der Waals surface area contributed by atoms with Crippen molar-refractivity contribution in [3.05, 3.63) is 59.5 Å². The predicted molar refractivity (Wildman–Crippen MR) is 71.6 cm³/mol. The van der Waals surface area contributed by atoms with Gasteiger partial charge in [0.05, 0.1) is 11.3 Å². The molecule has 0 radical (unpaired) electrons. The molecule has 0 aliphatic heterocycles. The second-order valence-electron chi connectivity index (χ2n) is 4.64. The molecule has 0 bridgehead atoms. The molecule has 0 aliphatic rings. The van der Waals surface area contributed by atoms with Crippen LogP contribution < -0.4 is 5.73 Å². The molecule has 0 spiro atoms. The van der Waals surface area contributed by atoms with Crippen molar-refractivity contribution in [1.29, 1.82) is 0 Å². The first-order valence-electron chi connectivity index (χ1n) is 6.19. The Morgan fingerprint density at radius 2 is 1.86 bits per heavy atom. The lowest BCUT2D eigenvalue weighted by Crippen LogP contribution is -2.08. The van der Waals surface area contributed by atoms with Crippen LogP contribution in [0.1, 0.15) is 17.0 Å². The molecule has 0 saturated carbocycles. The Morgan fingerprint density at radius 3 is 2.52 bits per heavy atom. The third kappa shape index (κ3) is 2.67. The van der Waals surface area contributed by atoms with Gasteiger partial charge in [-0.2, -0.15) is 18.3 Å². The van der Waals surface area contributed by atoms with Crippen molar-refractivity contribution >= 4 is 11.3 Å². The quantitative estimate of drug-likeness (QED) is 0.790. The van der Waals surface area contributed by atoms with Gasteiger partial charge in [-0.3, -0.25) is 0 Å². The summed E-state index contributed by atoms with van der Waals surface area (Å²) in [5.41, 5.74) is 5.95. The van der Waals surface area contributed by atoms with E-state index in [0.717, 1.165) is 22.3 Å². The summed E-state index contributed by atoms with van der Waals surface area (Å²) in [4.78, 5) is 4.19. The maximum Gasteiger partial charge on any atom is 0.417 e. The van der Waals surface area contributed by atoms with E-state index >= 15 is 0 Å². The van der Waals surface area contributed by atoms with Crippen LogP contribution in [0.3, 0.4) is 0 Å². The van der Waals surface area contributed by atoms with E-state index in [1.807, 2.05) is 30.3 Å². The van der Waals surface area contributed by atoms with Crippen molar-refractivity contribution in [3.63, 3.8) is 0 Å². The molecule has 7 heteroatoms. The van der Waals surface area contributed by atoms with Gasteiger partial charge >= 0.3 is 6.18 Å². The van der Waals surface area contributed by atoms with Crippen LogP contribution in [0.4, 0.5) is 18.9 Å². The minimum atomic E-state index is -4.46. The molecule has 2 heterocycles. The first-order valence-corrected chi connectivity index (χ1v) is 6.19. The van der Waals surface area contributed by atoms with Crippen molar-refractivity contribution in [2.75, 3.05) is 5.73 Å². The Balaban J connectivity index is 2.02. The average Bonchev–Trinajstić information content (AvgIpc) is 2.82. The number of nitrogens with zero attached hydrogens (tertiary/aromatic N) is 3. The lowest BCUT2D eigenvalue weighted by Gasteiger charge is -2.07. The van der Waals surface area contributed by atoms with Gasteiger partial charge in [-0.15, -0.1) is 0 Å². The molecule has 2 aromatic heterocycles. The van der Waals surface area contributed by atoms with E-state index < -0.39 is 11.7 Å². The number of hydrogen-bond donors (Lipinski definition) is 1. The van der Waals surface area contributed by atoms with Crippen molar-refractivity contribution in [2.24, 2.45) is 0 Å². The van der Waals surface area contributed by atoms with Crippen LogP contribution in [0.25, 0.3) is 5.65 Å². The van der Waals surface area contributed by atoms with Crippen LogP contribution in [0, 0.1) is 0 Å². The summed E-state index contributed by atoms with van der Waals surface area (Å²) < 4.78 is 39.3. The van der Waals surface area contributed by atoms with Crippen molar-refractivity contribution in [3.8, 4) is 0 Å². The molecule has 21 heavy (non-hydrogen) atoms. The van der Waals surface area contributed by atoms with Crippen LogP contribution >= 0.6 is 0 Å². The molecule has 108 valence electrons. The monoisotopic (exact) mass is 292 g/mol. The number of anilines is 1. The molecule has 0 atom stereocenters. The number of rotatable bonds is 2. The first-order chi connectivity index (χ1) is 9.93. The Labute approximate surface area is 118 Å². The largest absolute Gasteiger partial charge is 0.417 e.